The SMILES string of the molecule is N#C/C=C/CC[C@H]1CC[C@H](CCc2ccc(F)cc2)CC1. The van der Waals surface area contributed by atoms with E-state index in [2.05, 4.69) is 0 Å². The zero-order valence-corrected chi connectivity index (χ0v) is 12.6. The highest BCUT2D eigenvalue weighted by atomic mass is 19.1. The molecule has 0 unspecified atom stereocenters. The van der Waals surface area contributed by atoms with Crippen LogP contribution in [0, 0.1) is 29.0 Å². The van der Waals surface area contributed by atoms with E-state index in [1.54, 1.807) is 18.2 Å². The first-order chi connectivity index (χ1) is 10.3. The number of hydrogen-bond donors (Lipinski definition) is 0. The summed E-state index contributed by atoms with van der Waals surface area (Å²) >= 11 is 0. The minimum absolute atomic E-state index is 0.148. The largest absolute Gasteiger partial charge is 0.207 e. The molecular formula is C19H24FN. The van der Waals surface area contributed by atoms with Gasteiger partial charge < -0.3 is 0 Å². The topological polar surface area (TPSA) is 23.8 Å². The monoisotopic (exact) mass is 285 g/mol. The summed E-state index contributed by atoms with van der Waals surface area (Å²) in [6, 6.07) is 8.97. The van der Waals surface area contributed by atoms with Gasteiger partial charge in [-0.1, -0.05) is 43.9 Å². The van der Waals surface area contributed by atoms with Crippen molar-refractivity contribution < 1.29 is 4.39 Å². The minimum atomic E-state index is -0.148. The average Bonchev–Trinajstić information content (AvgIpc) is 2.52. The number of rotatable bonds is 6. The zero-order chi connectivity index (χ0) is 14.9. The van der Waals surface area contributed by atoms with Gasteiger partial charge in [0.1, 0.15) is 5.82 Å². The van der Waals surface area contributed by atoms with E-state index < -0.39 is 0 Å². The molecule has 1 nitrogen and oxygen atoms in total. The first-order valence-corrected chi connectivity index (χ1v) is 8.07. The molecule has 1 fully saturated rings. The van der Waals surface area contributed by atoms with Gasteiger partial charge in [0.05, 0.1) is 6.07 Å². The second kappa shape index (κ2) is 8.62. The van der Waals surface area contributed by atoms with Gasteiger partial charge in [0.2, 0.25) is 0 Å². The number of aryl methyl sites for hydroxylation is 1. The molecule has 0 N–H and O–H groups in total. The van der Waals surface area contributed by atoms with E-state index in [0.29, 0.717) is 0 Å². The van der Waals surface area contributed by atoms with Crippen LogP contribution in [0.4, 0.5) is 4.39 Å². The summed E-state index contributed by atoms with van der Waals surface area (Å²) in [7, 11) is 0. The smallest absolute Gasteiger partial charge is 0.123 e. The summed E-state index contributed by atoms with van der Waals surface area (Å²) in [6.45, 7) is 0. The Hall–Kier alpha value is -1.62. The predicted molar refractivity (Wildman–Crippen MR) is 84.2 cm³/mol. The molecule has 0 bridgehead atoms. The van der Waals surface area contributed by atoms with E-state index in [1.807, 2.05) is 24.3 Å². The zero-order valence-electron chi connectivity index (χ0n) is 12.6. The molecule has 0 radical (unpaired) electrons. The molecule has 1 aliphatic carbocycles. The maximum atomic E-state index is 12.9. The lowest BCUT2D eigenvalue weighted by molar-refractivity contribution is 0.254. The van der Waals surface area contributed by atoms with Crippen LogP contribution in [0.25, 0.3) is 0 Å². The third-order valence-corrected chi connectivity index (χ3v) is 4.65. The maximum absolute atomic E-state index is 12.9. The minimum Gasteiger partial charge on any atom is -0.207 e. The normalized spacial score (nSPS) is 22.3. The van der Waals surface area contributed by atoms with Gasteiger partial charge in [-0.2, -0.15) is 5.26 Å². The lowest BCUT2D eigenvalue weighted by Crippen LogP contribution is -2.15. The lowest BCUT2D eigenvalue weighted by Gasteiger charge is -2.28. The third-order valence-electron chi connectivity index (χ3n) is 4.65. The van der Waals surface area contributed by atoms with E-state index in [9.17, 15) is 4.39 Å². The van der Waals surface area contributed by atoms with Crippen LogP contribution in [0.15, 0.2) is 36.4 Å². The van der Waals surface area contributed by atoms with E-state index in [1.165, 1.54) is 44.1 Å². The van der Waals surface area contributed by atoms with Crippen molar-refractivity contribution in [1.29, 1.82) is 5.26 Å². The van der Waals surface area contributed by atoms with E-state index in [-0.39, 0.29) is 5.82 Å². The van der Waals surface area contributed by atoms with Crippen molar-refractivity contribution in [2.24, 2.45) is 11.8 Å². The molecule has 21 heavy (non-hydrogen) atoms. The number of benzene rings is 1. The van der Waals surface area contributed by atoms with Crippen molar-refractivity contribution in [2.75, 3.05) is 0 Å². The number of allylic oxidation sites excluding steroid dienone is 2. The average molecular weight is 285 g/mol. The van der Waals surface area contributed by atoms with Crippen LogP contribution in [0.2, 0.25) is 0 Å². The van der Waals surface area contributed by atoms with Gasteiger partial charge in [-0.05, 0) is 55.2 Å². The van der Waals surface area contributed by atoms with Gasteiger partial charge in [-0.25, -0.2) is 4.39 Å². The molecule has 1 aromatic rings. The molecule has 0 aliphatic heterocycles. The fourth-order valence-electron chi connectivity index (χ4n) is 3.30. The van der Waals surface area contributed by atoms with Crippen LogP contribution in [-0.4, -0.2) is 0 Å². The molecule has 0 heterocycles. The van der Waals surface area contributed by atoms with Crippen LogP contribution in [0.1, 0.15) is 50.5 Å². The molecule has 112 valence electrons. The molecule has 2 rings (SSSR count). The summed E-state index contributed by atoms with van der Waals surface area (Å²) < 4.78 is 12.9. The summed E-state index contributed by atoms with van der Waals surface area (Å²) in [6.07, 6.45) is 13.5. The third kappa shape index (κ3) is 5.71. The van der Waals surface area contributed by atoms with Crippen LogP contribution < -0.4 is 0 Å². The molecule has 0 saturated heterocycles. The molecule has 1 saturated carbocycles. The van der Waals surface area contributed by atoms with Crippen molar-refractivity contribution in [1.82, 2.24) is 0 Å². The molecule has 1 aromatic carbocycles. The molecule has 0 spiro atoms. The predicted octanol–water partition coefficient (Wildman–Crippen LogP) is 5.42. The highest BCUT2D eigenvalue weighted by Crippen LogP contribution is 2.33. The fourth-order valence-corrected chi connectivity index (χ4v) is 3.30. The van der Waals surface area contributed by atoms with Crippen molar-refractivity contribution in [2.45, 2.75) is 51.4 Å². The van der Waals surface area contributed by atoms with Gasteiger partial charge >= 0.3 is 0 Å². The molecule has 0 atom stereocenters. The maximum Gasteiger partial charge on any atom is 0.123 e. The summed E-state index contributed by atoms with van der Waals surface area (Å²) in [5.74, 6) is 1.53. The molecule has 2 heteroatoms. The molecule has 0 amide bonds. The highest BCUT2D eigenvalue weighted by molar-refractivity contribution is 5.16. The second-order valence-electron chi connectivity index (χ2n) is 6.16. The second-order valence-corrected chi connectivity index (χ2v) is 6.16. The Kier molecular flexibility index (Phi) is 6.47. The first kappa shape index (κ1) is 15.8. The van der Waals surface area contributed by atoms with E-state index in [4.69, 9.17) is 5.26 Å². The van der Waals surface area contributed by atoms with Gasteiger partial charge in [0.15, 0.2) is 0 Å². The van der Waals surface area contributed by atoms with Crippen LogP contribution in [0.3, 0.4) is 0 Å². The van der Waals surface area contributed by atoms with Crippen molar-refractivity contribution >= 4 is 0 Å². The van der Waals surface area contributed by atoms with Crippen molar-refractivity contribution in [3.8, 4) is 6.07 Å². The number of halogens is 1. The van der Waals surface area contributed by atoms with Crippen LogP contribution >= 0.6 is 0 Å². The van der Waals surface area contributed by atoms with Gasteiger partial charge in [-0.15, -0.1) is 0 Å². The lowest BCUT2D eigenvalue weighted by atomic mass is 9.78. The number of nitriles is 1. The summed E-state index contributed by atoms with van der Waals surface area (Å²) in [5, 5.41) is 8.45. The highest BCUT2D eigenvalue weighted by Gasteiger charge is 2.20. The van der Waals surface area contributed by atoms with E-state index >= 15 is 0 Å². The Labute approximate surface area is 127 Å². The van der Waals surface area contributed by atoms with Gasteiger partial charge in [0, 0.05) is 6.08 Å². The Bertz CT molecular complexity index is 475. The summed E-state index contributed by atoms with van der Waals surface area (Å²) in [5.41, 5.74) is 1.25. The Morgan fingerprint density at radius 3 is 2.29 bits per heavy atom. The molecule has 0 aromatic heterocycles. The van der Waals surface area contributed by atoms with Gasteiger partial charge in [0.25, 0.3) is 0 Å². The van der Waals surface area contributed by atoms with Crippen LogP contribution in [-0.2, 0) is 6.42 Å². The molecule has 1 aliphatic rings. The standard InChI is InChI=1S/C19H24FN/c20-19-13-11-18(12-14-19)10-9-17-7-5-16(6-8-17)4-2-1-3-15-21/h1,3,11-14,16-17H,2,4-10H2/b3-1+/t16-,17-. The van der Waals surface area contributed by atoms with Crippen LogP contribution in [0.5, 0.6) is 0 Å². The fraction of sp³-hybridized carbons (Fsp3) is 0.526. The number of nitrogens with zero attached hydrogens (tertiary/aromatic N) is 1. The molecular weight excluding hydrogens is 261 g/mol. The Balaban J connectivity index is 1.64. The summed E-state index contributed by atoms with van der Waals surface area (Å²) in [4.78, 5) is 0. The van der Waals surface area contributed by atoms with Crippen molar-refractivity contribution in [3.63, 3.8) is 0 Å². The van der Waals surface area contributed by atoms with E-state index in [0.717, 1.165) is 24.7 Å². The first-order valence-electron chi connectivity index (χ1n) is 8.07. The quantitative estimate of drug-likeness (QED) is 0.640. The Morgan fingerprint density at radius 1 is 1.05 bits per heavy atom. The number of hydrogen-bond acceptors (Lipinski definition) is 1. The Morgan fingerprint density at radius 2 is 1.67 bits per heavy atom. The van der Waals surface area contributed by atoms with Gasteiger partial charge in [-0.3, -0.25) is 0 Å². The van der Waals surface area contributed by atoms with Crippen molar-refractivity contribution in [3.05, 3.63) is 47.8 Å².